The molecular formula is C22H25N3O2. The van der Waals surface area contributed by atoms with Gasteiger partial charge in [0, 0.05) is 13.0 Å². The first-order chi connectivity index (χ1) is 13.1. The van der Waals surface area contributed by atoms with Gasteiger partial charge in [-0.1, -0.05) is 43.3 Å². The molecule has 1 unspecified atom stereocenters. The number of aromatic nitrogens is 2. The highest BCUT2D eigenvalue weighted by Gasteiger charge is 2.12. The molecule has 0 aliphatic rings. The SMILES string of the molecule is CCc1nc2cc(C(O)/C=C/N)ccc2c(=O)n1CCCc1ccccc1. The molecule has 0 aliphatic heterocycles. The summed E-state index contributed by atoms with van der Waals surface area (Å²) in [6.45, 7) is 2.64. The molecule has 0 spiro atoms. The fourth-order valence-corrected chi connectivity index (χ4v) is 3.27. The van der Waals surface area contributed by atoms with Gasteiger partial charge in [0.05, 0.1) is 17.0 Å². The van der Waals surface area contributed by atoms with Crippen molar-refractivity contribution in [2.75, 3.05) is 0 Å². The summed E-state index contributed by atoms with van der Waals surface area (Å²) >= 11 is 0. The van der Waals surface area contributed by atoms with Crippen LogP contribution in [-0.2, 0) is 19.4 Å². The van der Waals surface area contributed by atoms with Crippen LogP contribution >= 0.6 is 0 Å². The normalized spacial score (nSPS) is 12.7. The highest BCUT2D eigenvalue weighted by molar-refractivity contribution is 5.78. The van der Waals surface area contributed by atoms with Gasteiger partial charge >= 0.3 is 0 Å². The van der Waals surface area contributed by atoms with Crippen molar-refractivity contribution in [1.82, 2.24) is 9.55 Å². The fourth-order valence-electron chi connectivity index (χ4n) is 3.27. The van der Waals surface area contributed by atoms with E-state index < -0.39 is 6.10 Å². The van der Waals surface area contributed by atoms with Gasteiger partial charge in [-0.05, 0) is 48.4 Å². The summed E-state index contributed by atoms with van der Waals surface area (Å²) in [7, 11) is 0. The zero-order valence-electron chi connectivity index (χ0n) is 15.5. The van der Waals surface area contributed by atoms with E-state index in [0.717, 1.165) is 18.7 Å². The van der Waals surface area contributed by atoms with Crippen molar-refractivity contribution in [2.45, 2.75) is 38.8 Å². The second-order valence-electron chi connectivity index (χ2n) is 6.53. The maximum atomic E-state index is 13.0. The minimum absolute atomic E-state index is 0.0275. The van der Waals surface area contributed by atoms with E-state index in [2.05, 4.69) is 17.1 Å². The molecule has 0 aliphatic carbocycles. The Bertz CT molecular complexity index is 994. The Morgan fingerprint density at radius 1 is 1.22 bits per heavy atom. The van der Waals surface area contributed by atoms with Crippen molar-refractivity contribution in [1.29, 1.82) is 0 Å². The lowest BCUT2D eigenvalue weighted by Gasteiger charge is -2.14. The van der Waals surface area contributed by atoms with E-state index in [1.165, 1.54) is 17.8 Å². The number of hydrogen-bond donors (Lipinski definition) is 2. The van der Waals surface area contributed by atoms with Gasteiger partial charge in [0.2, 0.25) is 0 Å². The Balaban J connectivity index is 1.90. The van der Waals surface area contributed by atoms with Crippen LogP contribution in [0, 0.1) is 0 Å². The lowest BCUT2D eigenvalue weighted by molar-refractivity contribution is 0.228. The van der Waals surface area contributed by atoms with Crippen molar-refractivity contribution in [3.8, 4) is 0 Å². The molecule has 27 heavy (non-hydrogen) atoms. The van der Waals surface area contributed by atoms with E-state index >= 15 is 0 Å². The third-order valence-corrected chi connectivity index (χ3v) is 4.70. The quantitative estimate of drug-likeness (QED) is 0.676. The third-order valence-electron chi connectivity index (χ3n) is 4.70. The maximum Gasteiger partial charge on any atom is 0.261 e. The molecule has 3 N–H and O–H groups in total. The summed E-state index contributed by atoms with van der Waals surface area (Å²) in [5, 5.41) is 10.6. The van der Waals surface area contributed by atoms with Crippen LogP contribution in [0.1, 0.15) is 36.4 Å². The van der Waals surface area contributed by atoms with Crippen LogP contribution in [0.3, 0.4) is 0 Å². The van der Waals surface area contributed by atoms with E-state index in [4.69, 9.17) is 5.73 Å². The molecule has 5 heteroatoms. The molecule has 3 rings (SSSR count). The van der Waals surface area contributed by atoms with Crippen molar-refractivity contribution in [2.24, 2.45) is 5.73 Å². The largest absolute Gasteiger partial charge is 0.405 e. The first-order valence-corrected chi connectivity index (χ1v) is 9.27. The average Bonchev–Trinajstić information content (AvgIpc) is 2.70. The van der Waals surface area contributed by atoms with Gasteiger partial charge in [0.15, 0.2) is 0 Å². The summed E-state index contributed by atoms with van der Waals surface area (Å²) in [6.07, 6.45) is 4.47. The van der Waals surface area contributed by atoms with Crippen molar-refractivity contribution in [3.05, 3.63) is 88.1 Å². The standard InChI is InChI=1S/C22H25N3O2/c1-2-21-24-19-15-17(20(26)12-13-23)10-11-18(19)22(27)25(21)14-6-9-16-7-4-3-5-8-16/h3-5,7-8,10-13,15,20,26H,2,6,9,14,23H2,1H3/b13-12+. The first-order valence-electron chi connectivity index (χ1n) is 9.27. The van der Waals surface area contributed by atoms with Gasteiger partial charge in [-0.2, -0.15) is 0 Å². The number of benzene rings is 2. The molecule has 2 aromatic carbocycles. The predicted molar refractivity (Wildman–Crippen MR) is 108 cm³/mol. The molecule has 0 bridgehead atoms. The van der Waals surface area contributed by atoms with E-state index in [1.54, 1.807) is 22.8 Å². The molecular weight excluding hydrogens is 338 g/mol. The lowest BCUT2D eigenvalue weighted by Crippen LogP contribution is -2.25. The second kappa shape index (κ2) is 8.64. The minimum Gasteiger partial charge on any atom is -0.405 e. The Morgan fingerprint density at radius 3 is 2.70 bits per heavy atom. The molecule has 1 heterocycles. The van der Waals surface area contributed by atoms with Crippen molar-refractivity contribution < 1.29 is 5.11 Å². The molecule has 3 aromatic rings. The van der Waals surface area contributed by atoms with Gasteiger partial charge in [-0.15, -0.1) is 0 Å². The van der Waals surface area contributed by atoms with Gasteiger partial charge in [0.25, 0.3) is 5.56 Å². The van der Waals surface area contributed by atoms with Gasteiger partial charge in [-0.25, -0.2) is 4.98 Å². The van der Waals surface area contributed by atoms with Crippen LogP contribution < -0.4 is 11.3 Å². The van der Waals surface area contributed by atoms with Crippen LogP contribution in [0.15, 0.2) is 65.6 Å². The number of hydrogen-bond acceptors (Lipinski definition) is 4. The van der Waals surface area contributed by atoms with Crippen LogP contribution in [0.4, 0.5) is 0 Å². The number of aliphatic hydroxyl groups excluding tert-OH is 1. The van der Waals surface area contributed by atoms with Crippen LogP contribution in [-0.4, -0.2) is 14.7 Å². The van der Waals surface area contributed by atoms with Crippen LogP contribution in [0.25, 0.3) is 10.9 Å². The highest BCUT2D eigenvalue weighted by Crippen LogP contribution is 2.19. The number of nitrogens with zero attached hydrogens (tertiary/aromatic N) is 2. The molecule has 0 amide bonds. The van der Waals surface area contributed by atoms with E-state index in [1.807, 2.05) is 25.1 Å². The smallest absolute Gasteiger partial charge is 0.261 e. The lowest BCUT2D eigenvalue weighted by atomic mass is 10.1. The summed E-state index contributed by atoms with van der Waals surface area (Å²) in [5.41, 5.74) is 7.86. The minimum atomic E-state index is -0.806. The number of nitrogens with two attached hydrogens (primary N) is 1. The molecule has 140 valence electrons. The maximum absolute atomic E-state index is 13.0. The predicted octanol–water partition coefficient (Wildman–Crippen LogP) is 3.10. The van der Waals surface area contributed by atoms with Gasteiger partial charge in [0.1, 0.15) is 5.82 Å². The topological polar surface area (TPSA) is 81.1 Å². The van der Waals surface area contributed by atoms with E-state index in [0.29, 0.717) is 29.4 Å². The van der Waals surface area contributed by atoms with E-state index in [-0.39, 0.29) is 5.56 Å². The Kier molecular flexibility index (Phi) is 6.04. The van der Waals surface area contributed by atoms with Crippen LogP contribution in [0.2, 0.25) is 0 Å². The number of aliphatic hydroxyl groups is 1. The average molecular weight is 363 g/mol. The Labute approximate surface area is 158 Å². The van der Waals surface area contributed by atoms with Crippen molar-refractivity contribution >= 4 is 10.9 Å². The summed E-state index contributed by atoms with van der Waals surface area (Å²) in [4.78, 5) is 17.7. The monoisotopic (exact) mass is 363 g/mol. The van der Waals surface area contributed by atoms with Crippen molar-refractivity contribution in [3.63, 3.8) is 0 Å². The van der Waals surface area contributed by atoms with Gasteiger partial charge < -0.3 is 10.8 Å². The summed E-state index contributed by atoms with van der Waals surface area (Å²) < 4.78 is 1.78. The Morgan fingerprint density at radius 2 is 2.00 bits per heavy atom. The second-order valence-corrected chi connectivity index (χ2v) is 6.53. The Hall–Kier alpha value is -2.92. The molecule has 1 atom stereocenters. The summed E-state index contributed by atoms with van der Waals surface area (Å²) in [6, 6.07) is 15.5. The zero-order valence-corrected chi connectivity index (χ0v) is 15.5. The molecule has 0 saturated heterocycles. The highest BCUT2D eigenvalue weighted by atomic mass is 16.3. The van der Waals surface area contributed by atoms with E-state index in [9.17, 15) is 9.90 Å². The zero-order chi connectivity index (χ0) is 19.2. The molecule has 0 radical (unpaired) electrons. The number of fused-ring (bicyclic) bond motifs is 1. The van der Waals surface area contributed by atoms with Crippen LogP contribution in [0.5, 0.6) is 0 Å². The molecule has 0 fully saturated rings. The summed E-state index contributed by atoms with van der Waals surface area (Å²) in [5.74, 6) is 0.765. The third kappa shape index (κ3) is 4.26. The molecule has 5 nitrogen and oxygen atoms in total. The number of aryl methyl sites for hydroxylation is 2. The van der Waals surface area contributed by atoms with Gasteiger partial charge in [-0.3, -0.25) is 9.36 Å². The number of rotatable bonds is 7. The fraction of sp³-hybridized carbons (Fsp3) is 0.273. The molecule has 0 saturated carbocycles. The molecule has 1 aromatic heterocycles. The first kappa shape index (κ1) is 18.9.